The Morgan fingerprint density at radius 3 is 2.79 bits per heavy atom. The van der Waals surface area contributed by atoms with E-state index in [4.69, 9.17) is 0 Å². The fourth-order valence-corrected chi connectivity index (χ4v) is 2.99. The summed E-state index contributed by atoms with van der Waals surface area (Å²) in [4.78, 5) is 14.4. The summed E-state index contributed by atoms with van der Waals surface area (Å²) in [5.41, 5.74) is 1.33. The first-order valence-corrected chi connectivity index (χ1v) is 7.64. The van der Waals surface area contributed by atoms with Crippen LogP contribution in [0.25, 0.3) is 0 Å². The molecule has 0 spiro atoms. The molecule has 1 aromatic carbocycles. The van der Waals surface area contributed by atoms with Crippen LogP contribution in [0.1, 0.15) is 51.0 Å². The van der Waals surface area contributed by atoms with Crippen LogP contribution in [0.5, 0.6) is 0 Å². The molecule has 2 rings (SSSR count). The van der Waals surface area contributed by atoms with Gasteiger partial charge in [0.2, 0.25) is 5.91 Å². The molecule has 1 aliphatic heterocycles. The lowest BCUT2D eigenvalue weighted by atomic mass is 9.99. The number of aryl methyl sites for hydroxylation is 1. The molecule has 1 atom stereocenters. The Balaban J connectivity index is 1.77. The van der Waals surface area contributed by atoms with Gasteiger partial charge in [-0.15, -0.1) is 0 Å². The van der Waals surface area contributed by atoms with Crippen molar-refractivity contribution in [1.82, 2.24) is 4.90 Å². The summed E-state index contributed by atoms with van der Waals surface area (Å²) in [6, 6.07) is 10.9. The molecule has 19 heavy (non-hydrogen) atoms. The van der Waals surface area contributed by atoms with Crippen LogP contribution < -0.4 is 0 Å². The Hall–Kier alpha value is -1.31. The van der Waals surface area contributed by atoms with Crippen LogP contribution in [0.4, 0.5) is 0 Å². The first kappa shape index (κ1) is 14.1. The fraction of sp³-hybridized carbons (Fsp3) is 0.588. The van der Waals surface area contributed by atoms with Gasteiger partial charge in [-0.25, -0.2) is 0 Å². The van der Waals surface area contributed by atoms with Crippen molar-refractivity contribution < 1.29 is 4.79 Å². The third kappa shape index (κ3) is 4.09. The average Bonchev–Trinajstić information content (AvgIpc) is 2.48. The van der Waals surface area contributed by atoms with Crippen molar-refractivity contribution in [2.75, 3.05) is 6.54 Å². The van der Waals surface area contributed by atoms with Gasteiger partial charge in [-0.2, -0.15) is 0 Å². The van der Waals surface area contributed by atoms with Crippen LogP contribution in [0.2, 0.25) is 0 Å². The van der Waals surface area contributed by atoms with Gasteiger partial charge >= 0.3 is 0 Å². The van der Waals surface area contributed by atoms with Gasteiger partial charge in [0.1, 0.15) is 0 Å². The topological polar surface area (TPSA) is 20.3 Å². The summed E-state index contributed by atoms with van der Waals surface area (Å²) in [6.45, 7) is 3.17. The van der Waals surface area contributed by atoms with Crippen LogP contribution in [0, 0.1) is 0 Å². The predicted molar refractivity (Wildman–Crippen MR) is 79.0 cm³/mol. The maximum atomic E-state index is 12.3. The van der Waals surface area contributed by atoms with Gasteiger partial charge in [-0.05, 0) is 44.1 Å². The minimum absolute atomic E-state index is 0.363. The molecule has 104 valence electrons. The highest BCUT2D eigenvalue weighted by Crippen LogP contribution is 2.20. The number of amides is 1. The molecule has 0 bridgehead atoms. The second kappa shape index (κ2) is 7.32. The Morgan fingerprint density at radius 1 is 1.26 bits per heavy atom. The van der Waals surface area contributed by atoms with Crippen molar-refractivity contribution >= 4 is 5.91 Å². The van der Waals surface area contributed by atoms with E-state index in [-0.39, 0.29) is 0 Å². The fourth-order valence-electron chi connectivity index (χ4n) is 2.99. The summed E-state index contributed by atoms with van der Waals surface area (Å²) < 4.78 is 0. The smallest absolute Gasteiger partial charge is 0.222 e. The Morgan fingerprint density at radius 2 is 2.05 bits per heavy atom. The summed E-state index contributed by atoms with van der Waals surface area (Å²) in [7, 11) is 0. The summed E-state index contributed by atoms with van der Waals surface area (Å²) >= 11 is 0. The lowest BCUT2D eigenvalue weighted by molar-refractivity contribution is -0.135. The van der Waals surface area contributed by atoms with Crippen molar-refractivity contribution in [3.8, 4) is 0 Å². The SMILES string of the molecule is CC[C@H]1CCCCN1C(=O)CCCc1ccccc1. The molecule has 2 nitrogen and oxygen atoms in total. The molecule has 0 aromatic heterocycles. The van der Waals surface area contributed by atoms with Gasteiger partial charge in [0.05, 0.1) is 0 Å². The highest BCUT2D eigenvalue weighted by molar-refractivity contribution is 5.76. The van der Waals surface area contributed by atoms with Gasteiger partial charge in [-0.1, -0.05) is 37.3 Å². The van der Waals surface area contributed by atoms with Crippen molar-refractivity contribution in [2.45, 2.75) is 57.9 Å². The number of nitrogens with zero attached hydrogens (tertiary/aromatic N) is 1. The molecule has 0 aliphatic carbocycles. The first-order chi connectivity index (χ1) is 9.31. The van der Waals surface area contributed by atoms with Crippen LogP contribution in [0.3, 0.4) is 0 Å². The van der Waals surface area contributed by atoms with Gasteiger partial charge in [-0.3, -0.25) is 4.79 Å². The number of likely N-dealkylation sites (tertiary alicyclic amines) is 1. The first-order valence-electron chi connectivity index (χ1n) is 7.64. The second-order valence-corrected chi connectivity index (χ2v) is 5.48. The normalized spacial score (nSPS) is 19.4. The summed E-state index contributed by atoms with van der Waals surface area (Å²) in [5.74, 6) is 0.363. The van der Waals surface area contributed by atoms with E-state index in [1.54, 1.807) is 0 Å². The second-order valence-electron chi connectivity index (χ2n) is 5.48. The molecule has 0 unspecified atom stereocenters. The van der Waals surface area contributed by atoms with E-state index in [9.17, 15) is 4.79 Å². The van der Waals surface area contributed by atoms with Gasteiger partial charge in [0, 0.05) is 19.0 Å². The number of carbonyl (C=O) groups excluding carboxylic acids is 1. The Bertz CT molecular complexity index is 388. The minimum atomic E-state index is 0.363. The molecule has 1 aromatic rings. The molecule has 1 aliphatic rings. The van der Waals surface area contributed by atoms with Crippen molar-refractivity contribution in [2.24, 2.45) is 0 Å². The maximum absolute atomic E-state index is 12.3. The van der Waals surface area contributed by atoms with E-state index in [0.717, 1.165) is 25.8 Å². The number of benzene rings is 1. The molecule has 1 fully saturated rings. The molecule has 2 heteroatoms. The quantitative estimate of drug-likeness (QED) is 0.787. The zero-order valence-corrected chi connectivity index (χ0v) is 12.0. The Labute approximate surface area is 116 Å². The molecule has 0 radical (unpaired) electrons. The van der Waals surface area contributed by atoms with E-state index in [1.165, 1.54) is 24.8 Å². The monoisotopic (exact) mass is 259 g/mol. The van der Waals surface area contributed by atoms with Crippen molar-refractivity contribution in [1.29, 1.82) is 0 Å². The maximum Gasteiger partial charge on any atom is 0.222 e. The van der Waals surface area contributed by atoms with Crippen LogP contribution in [0.15, 0.2) is 30.3 Å². The third-order valence-electron chi connectivity index (χ3n) is 4.12. The molecule has 0 N–H and O–H groups in total. The molecule has 0 saturated carbocycles. The zero-order valence-electron chi connectivity index (χ0n) is 12.0. The molecular weight excluding hydrogens is 234 g/mol. The highest BCUT2D eigenvalue weighted by atomic mass is 16.2. The number of piperidine rings is 1. The average molecular weight is 259 g/mol. The number of rotatable bonds is 5. The van der Waals surface area contributed by atoms with E-state index in [1.807, 2.05) is 6.07 Å². The van der Waals surface area contributed by atoms with Crippen LogP contribution >= 0.6 is 0 Å². The predicted octanol–water partition coefficient (Wildman–Crippen LogP) is 3.80. The van der Waals surface area contributed by atoms with Gasteiger partial charge in [0.25, 0.3) is 0 Å². The number of hydrogen-bond donors (Lipinski definition) is 0. The molecule has 1 heterocycles. The molecular formula is C17H25NO. The van der Waals surface area contributed by atoms with E-state index >= 15 is 0 Å². The van der Waals surface area contributed by atoms with E-state index in [0.29, 0.717) is 18.4 Å². The standard InChI is InChI=1S/C17H25NO/c1-2-16-12-6-7-14-18(16)17(19)13-8-11-15-9-4-3-5-10-15/h3-5,9-10,16H,2,6-8,11-14H2,1H3/t16-/m0/s1. The van der Waals surface area contributed by atoms with Gasteiger partial charge in [0.15, 0.2) is 0 Å². The lowest BCUT2D eigenvalue weighted by Crippen LogP contribution is -2.43. The van der Waals surface area contributed by atoms with Crippen molar-refractivity contribution in [3.05, 3.63) is 35.9 Å². The summed E-state index contributed by atoms with van der Waals surface area (Å²) in [6.07, 6.45) is 7.44. The minimum Gasteiger partial charge on any atom is -0.340 e. The van der Waals surface area contributed by atoms with Crippen LogP contribution in [-0.4, -0.2) is 23.4 Å². The van der Waals surface area contributed by atoms with E-state index in [2.05, 4.69) is 36.1 Å². The van der Waals surface area contributed by atoms with E-state index < -0.39 is 0 Å². The highest BCUT2D eigenvalue weighted by Gasteiger charge is 2.24. The Kier molecular flexibility index (Phi) is 5.44. The third-order valence-corrected chi connectivity index (χ3v) is 4.12. The van der Waals surface area contributed by atoms with Gasteiger partial charge < -0.3 is 4.90 Å². The number of hydrogen-bond acceptors (Lipinski definition) is 1. The van der Waals surface area contributed by atoms with Crippen molar-refractivity contribution in [3.63, 3.8) is 0 Å². The lowest BCUT2D eigenvalue weighted by Gasteiger charge is -2.35. The summed E-state index contributed by atoms with van der Waals surface area (Å²) in [5, 5.41) is 0. The molecule has 1 amide bonds. The largest absolute Gasteiger partial charge is 0.340 e. The zero-order chi connectivity index (χ0) is 13.5. The van der Waals surface area contributed by atoms with Crippen LogP contribution in [-0.2, 0) is 11.2 Å². The number of carbonyl (C=O) groups is 1. The molecule has 1 saturated heterocycles.